The summed E-state index contributed by atoms with van der Waals surface area (Å²) < 4.78 is 4.61. The first kappa shape index (κ1) is 13.1. The van der Waals surface area contributed by atoms with E-state index in [0.29, 0.717) is 24.5 Å². The lowest BCUT2D eigenvalue weighted by Crippen LogP contribution is -2.45. The second-order valence-electron chi connectivity index (χ2n) is 5.65. The Morgan fingerprint density at radius 3 is 2.85 bits per heavy atom. The molecule has 0 N–H and O–H groups in total. The Morgan fingerprint density at radius 2 is 2.15 bits per heavy atom. The van der Waals surface area contributed by atoms with Gasteiger partial charge in [-0.1, -0.05) is 10.3 Å². The van der Waals surface area contributed by atoms with E-state index in [4.69, 9.17) is 0 Å². The lowest BCUT2D eigenvalue weighted by molar-refractivity contribution is -0.138. The average Bonchev–Trinajstić information content (AvgIpc) is 2.65. The van der Waals surface area contributed by atoms with Crippen molar-refractivity contribution in [3.63, 3.8) is 0 Å². The molecule has 0 radical (unpaired) electrons. The molecule has 7 nitrogen and oxygen atoms in total. The van der Waals surface area contributed by atoms with Crippen LogP contribution in [0.4, 0.5) is 0 Å². The lowest BCUT2D eigenvalue weighted by atomic mass is 9.95. The van der Waals surface area contributed by atoms with Gasteiger partial charge in [-0.3, -0.25) is 9.59 Å². The number of aromatic nitrogens is 2. The lowest BCUT2D eigenvalue weighted by Gasteiger charge is -2.32. The molecule has 1 aromatic rings. The average molecular weight is 278 g/mol. The third kappa shape index (κ3) is 2.17. The molecule has 3 saturated heterocycles. The summed E-state index contributed by atoms with van der Waals surface area (Å²) in [5.74, 6) is 0.0962. The molecule has 108 valence electrons. The molecule has 7 heteroatoms. The first-order valence-electron chi connectivity index (χ1n) is 6.88. The maximum atomic E-state index is 12.4. The Kier molecular flexibility index (Phi) is 3.19. The molecule has 3 fully saturated rings. The highest BCUT2D eigenvalue weighted by Crippen LogP contribution is 2.28. The van der Waals surface area contributed by atoms with Crippen LogP contribution in [0.25, 0.3) is 0 Å². The number of carbonyl (C=O) groups is 2. The van der Waals surface area contributed by atoms with Crippen LogP contribution in [-0.4, -0.2) is 58.1 Å². The van der Waals surface area contributed by atoms with E-state index >= 15 is 0 Å². The van der Waals surface area contributed by atoms with Gasteiger partial charge < -0.3 is 9.80 Å². The van der Waals surface area contributed by atoms with E-state index in [0.717, 1.165) is 12.8 Å². The second-order valence-corrected chi connectivity index (χ2v) is 5.65. The normalized spacial score (nSPS) is 26.0. The maximum Gasteiger partial charge on any atom is 0.228 e. The Labute approximate surface area is 116 Å². The molecule has 3 aliphatic heterocycles. The highest BCUT2D eigenvalue weighted by molar-refractivity contribution is 5.83. The van der Waals surface area contributed by atoms with Gasteiger partial charge in [-0.25, -0.2) is 4.63 Å². The molecular weight excluding hydrogens is 260 g/mol. The number of likely N-dealkylation sites (N-methyl/N-ethyl adjacent to an activating group) is 1. The minimum Gasteiger partial charge on any atom is -0.341 e. The Morgan fingerprint density at radius 1 is 1.35 bits per heavy atom. The first-order valence-corrected chi connectivity index (χ1v) is 6.88. The zero-order chi connectivity index (χ0) is 14.3. The monoisotopic (exact) mass is 278 g/mol. The number of rotatable bonds is 2. The van der Waals surface area contributed by atoms with Crippen LogP contribution in [0.1, 0.15) is 24.2 Å². The molecule has 2 amide bonds. The summed E-state index contributed by atoms with van der Waals surface area (Å²) in [5.41, 5.74) is 1.22. The molecule has 2 atom stereocenters. The summed E-state index contributed by atoms with van der Waals surface area (Å²) in [6.07, 6.45) is 2.04. The summed E-state index contributed by atoms with van der Waals surface area (Å²) in [6.45, 7) is 2.90. The van der Waals surface area contributed by atoms with Gasteiger partial charge in [0.2, 0.25) is 11.8 Å². The second kappa shape index (κ2) is 4.88. The Balaban J connectivity index is 1.73. The molecule has 4 rings (SSSR count). The van der Waals surface area contributed by atoms with E-state index in [9.17, 15) is 9.59 Å². The van der Waals surface area contributed by atoms with E-state index in [1.165, 1.54) is 0 Å². The standard InChI is InChI=1S/C13H18N4O3/c1-8-11(15-20-14-8)5-12(18)17-6-9-3-4-10(7-17)16(2)13(9)19/h9-10H,3-7H2,1-2H3/t9-,10+/m1/s1. The largest absolute Gasteiger partial charge is 0.341 e. The highest BCUT2D eigenvalue weighted by atomic mass is 16.6. The van der Waals surface area contributed by atoms with Gasteiger partial charge in [-0.2, -0.15) is 0 Å². The molecule has 2 bridgehead atoms. The Hall–Kier alpha value is -1.92. The van der Waals surface area contributed by atoms with E-state index in [-0.39, 0.29) is 30.2 Å². The third-order valence-corrected chi connectivity index (χ3v) is 4.38. The summed E-state index contributed by atoms with van der Waals surface area (Å²) in [6, 6.07) is 0.140. The third-order valence-electron chi connectivity index (χ3n) is 4.38. The van der Waals surface area contributed by atoms with Gasteiger partial charge in [0.15, 0.2) is 0 Å². The van der Waals surface area contributed by atoms with Crippen molar-refractivity contribution in [2.45, 2.75) is 32.2 Å². The number of nitrogens with zero attached hydrogens (tertiary/aromatic N) is 4. The topological polar surface area (TPSA) is 79.5 Å². The van der Waals surface area contributed by atoms with Crippen LogP contribution in [0.3, 0.4) is 0 Å². The van der Waals surface area contributed by atoms with Gasteiger partial charge in [0.1, 0.15) is 11.4 Å². The van der Waals surface area contributed by atoms with Crippen LogP contribution in [0.2, 0.25) is 0 Å². The molecule has 0 unspecified atom stereocenters. The summed E-state index contributed by atoms with van der Waals surface area (Å²) in [7, 11) is 1.83. The van der Waals surface area contributed by atoms with E-state index in [2.05, 4.69) is 14.9 Å². The molecule has 0 saturated carbocycles. The summed E-state index contributed by atoms with van der Waals surface area (Å²) in [4.78, 5) is 28.1. The first-order chi connectivity index (χ1) is 9.56. The molecule has 20 heavy (non-hydrogen) atoms. The van der Waals surface area contributed by atoms with Crippen LogP contribution in [0, 0.1) is 12.8 Å². The van der Waals surface area contributed by atoms with Crippen LogP contribution in [0.5, 0.6) is 0 Å². The smallest absolute Gasteiger partial charge is 0.228 e. The van der Waals surface area contributed by atoms with E-state index < -0.39 is 0 Å². The number of hydrogen-bond donors (Lipinski definition) is 0. The van der Waals surface area contributed by atoms with Crippen molar-refractivity contribution in [1.29, 1.82) is 0 Å². The SMILES string of the molecule is Cc1nonc1CC(=O)N1C[C@H]2CC[C@@H](C1)N(C)C2=O. The van der Waals surface area contributed by atoms with Gasteiger partial charge in [0, 0.05) is 26.2 Å². The molecule has 4 heterocycles. The van der Waals surface area contributed by atoms with Crippen LogP contribution in [-0.2, 0) is 16.0 Å². The molecule has 1 aromatic heterocycles. The molecule has 3 aliphatic rings. The molecule has 0 aliphatic carbocycles. The fourth-order valence-corrected chi connectivity index (χ4v) is 3.03. The predicted molar refractivity (Wildman–Crippen MR) is 68.6 cm³/mol. The predicted octanol–water partition coefficient (Wildman–Crippen LogP) is -0.000280. The van der Waals surface area contributed by atoms with Crippen LogP contribution in [0.15, 0.2) is 4.63 Å². The zero-order valence-electron chi connectivity index (χ0n) is 11.7. The summed E-state index contributed by atoms with van der Waals surface area (Å²) in [5, 5.41) is 7.43. The quantitative estimate of drug-likeness (QED) is 0.760. The minimum atomic E-state index is -0.0563. The van der Waals surface area contributed by atoms with Crippen molar-refractivity contribution in [2.75, 3.05) is 20.1 Å². The fourth-order valence-electron chi connectivity index (χ4n) is 3.03. The van der Waals surface area contributed by atoms with Crippen LogP contribution >= 0.6 is 0 Å². The van der Waals surface area contributed by atoms with Gasteiger partial charge in [-0.15, -0.1) is 0 Å². The molecular formula is C13H18N4O3. The van der Waals surface area contributed by atoms with Crippen molar-refractivity contribution in [3.05, 3.63) is 11.4 Å². The number of fused-ring (bicyclic) bond motifs is 4. The van der Waals surface area contributed by atoms with Crippen molar-refractivity contribution < 1.29 is 14.2 Å². The fraction of sp³-hybridized carbons (Fsp3) is 0.692. The number of carbonyl (C=O) groups excluding carboxylic acids is 2. The zero-order valence-corrected chi connectivity index (χ0v) is 11.7. The van der Waals surface area contributed by atoms with Crippen LogP contribution < -0.4 is 0 Å². The van der Waals surface area contributed by atoms with Crippen molar-refractivity contribution >= 4 is 11.8 Å². The number of amides is 2. The van der Waals surface area contributed by atoms with Gasteiger partial charge in [0.05, 0.1) is 12.3 Å². The Bertz CT molecular complexity index is 541. The van der Waals surface area contributed by atoms with E-state index in [1.54, 1.807) is 16.7 Å². The van der Waals surface area contributed by atoms with Crippen molar-refractivity contribution in [3.8, 4) is 0 Å². The van der Waals surface area contributed by atoms with E-state index in [1.807, 2.05) is 7.05 Å². The van der Waals surface area contributed by atoms with Crippen molar-refractivity contribution in [2.24, 2.45) is 5.92 Å². The minimum absolute atomic E-state index is 0.0104. The van der Waals surface area contributed by atoms with Gasteiger partial charge in [0.25, 0.3) is 0 Å². The number of aryl methyl sites for hydroxylation is 1. The highest BCUT2D eigenvalue weighted by Gasteiger charge is 2.40. The maximum absolute atomic E-state index is 12.4. The van der Waals surface area contributed by atoms with Crippen molar-refractivity contribution in [1.82, 2.24) is 20.1 Å². The molecule has 0 aromatic carbocycles. The number of piperidine rings is 1. The van der Waals surface area contributed by atoms with Gasteiger partial charge in [-0.05, 0) is 19.8 Å². The number of hydrogen-bond acceptors (Lipinski definition) is 5. The molecule has 0 spiro atoms. The van der Waals surface area contributed by atoms with Gasteiger partial charge >= 0.3 is 0 Å². The summed E-state index contributed by atoms with van der Waals surface area (Å²) >= 11 is 0.